The van der Waals surface area contributed by atoms with Gasteiger partial charge in [0.2, 0.25) is 11.8 Å². The third-order valence-corrected chi connectivity index (χ3v) is 15.0. The van der Waals surface area contributed by atoms with Gasteiger partial charge in [-0.25, -0.2) is 0 Å². The quantitative estimate of drug-likeness (QED) is 0.173. The Morgan fingerprint density at radius 1 is 0.618 bits per heavy atom. The summed E-state index contributed by atoms with van der Waals surface area (Å²) in [4.78, 5) is 33.2. The van der Waals surface area contributed by atoms with Crippen molar-refractivity contribution in [1.29, 1.82) is 0 Å². The second-order valence-electron chi connectivity index (χ2n) is 20.1. The number of carbonyl (C=O) groups is 2. The van der Waals surface area contributed by atoms with Gasteiger partial charge in [0.1, 0.15) is 0 Å². The Kier molecular flexibility index (Phi) is 11.7. The lowest BCUT2D eigenvalue weighted by atomic mass is 9.91. The number of amides is 2. The number of hydrogen-bond acceptors (Lipinski definition) is 10. The van der Waals surface area contributed by atoms with Gasteiger partial charge in [0, 0.05) is 138 Å². The molecule has 6 aromatic rings. The molecule has 0 unspecified atom stereocenters. The van der Waals surface area contributed by atoms with Crippen molar-refractivity contribution in [1.82, 2.24) is 48.9 Å². The van der Waals surface area contributed by atoms with Crippen LogP contribution in [-0.2, 0) is 71.9 Å². The molecule has 0 spiro atoms. The summed E-state index contributed by atoms with van der Waals surface area (Å²) in [5.41, 5.74) is 14.7. The highest BCUT2D eigenvalue weighted by Crippen LogP contribution is 2.43. The van der Waals surface area contributed by atoms with Crippen molar-refractivity contribution in [2.45, 2.75) is 91.4 Å². The fourth-order valence-electron chi connectivity index (χ4n) is 11.5. The van der Waals surface area contributed by atoms with E-state index in [9.17, 15) is 9.59 Å². The first-order chi connectivity index (χ1) is 32.9. The summed E-state index contributed by atoms with van der Waals surface area (Å²) in [5.74, 6) is 3.27. The zero-order valence-corrected chi connectivity index (χ0v) is 40.4. The van der Waals surface area contributed by atoms with Gasteiger partial charge in [0.05, 0.1) is 50.8 Å². The van der Waals surface area contributed by atoms with Gasteiger partial charge >= 0.3 is 0 Å². The number of hydrogen-bond donors (Lipinski definition) is 0. The number of benzene rings is 2. The van der Waals surface area contributed by atoms with Crippen LogP contribution in [0.25, 0.3) is 22.3 Å². The molecule has 2 aromatic carbocycles. The molecule has 6 aliphatic rings. The maximum atomic E-state index is 12.2. The van der Waals surface area contributed by atoms with Crippen LogP contribution in [0, 0.1) is 11.8 Å². The predicted molar refractivity (Wildman–Crippen MR) is 260 cm³/mol. The van der Waals surface area contributed by atoms with Crippen LogP contribution in [0.1, 0.15) is 86.3 Å². The molecule has 0 bridgehead atoms. The van der Waals surface area contributed by atoms with Crippen LogP contribution in [-0.4, -0.2) is 113 Å². The number of ether oxygens (including phenoxy) is 2. The number of anilines is 4. The van der Waals surface area contributed by atoms with E-state index in [0.29, 0.717) is 38.1 Å². The van der Waals surface area contributed by atoms with Crippen LogP contribution in [0.2, 0.25) is 0 Å². The molecule has 0 aliphatic carbocycles. The summed E-state index contributed by atoms with van der Waals surface area (Å²) in [6.45, 7) is 15.5. The van der Waals surface area contributed by atoms with Crippen molar-refractivity contribution in [2.75, 3.05) is 62.4 Å². The van der Waals surface area contributed by atoms with E-state index < -0.39 is 0 Å². The van der Waals surface area contributed by atoms with Gasteiger partial charge < -0.3 is 29.1 Å². The highest BCUT2D eigenvalue weighted by Gasteiger charge is 2.37. The number of nitrogens with zero attached hydrogens (tertiary/aromatic N) is 12. The van der Waals surface area contributed by atoms with Gasteiger partial charge in [-0.1, -0.05) is 26.0 Å². The molecule has 2 saturated heterocycles. The van der Waals surface area contributed by atoms with Crippen molar-refractivity contribution in [3.63, 3.8) is 0 Å². The second-order valence-corrected chi connectivity index (χ2v) is 20.1. The van der Waals surface area contributed by atoms with Crippen LogP contribution in [0.4, 0.5) is 23.0 Å². The Morgan fingerprint density at radius 3 is 1.43 bits per heavy atom. The van der Waals surface area contributed by atoms with Crippen LogP contribution < -0.4 is 9.80 Å². The topological polar surface area (TPSA) is 137 Å². The molecule has 2 amide bonds. The van der Waals surface area contributed by atoms with E-state index in [2.05, 4.69) is 92.0 Å². The van der Waals surface area contributed by atoms with Crippen LogP contribution in [0.3, 0.4) is 0 Å². The van der Waals surface area contributed by atoms with Crippen LogP contribution in [0.5, 0.6) is 0 Å². The van der Waals surface area contributed by atoms with E-state index in [1.807, 2.05) is 45.7 Å². The molecule has 10 heterocycles. The standard InChI is InChI=1S/2C26H32N6O2/c2*1-17-10-20-11-19(21-12-27-29(3)14-21)4-5-24(20)31(13-17)26-23-15-30(18(2)33)8-6-25(23)32(28-26)22-7-9-34-16-22/h2*4-5,11-12,14,17,22H,6-10,13,15-16H2,1-3H3/t17-,22+;17-,22-/m10/s1. The summed E-state index contributed by atoms with van der Waals surface area (Å²) in [6, 6.07) is 14.0. The molecular formula is C52H64N12O4. The predicted octanol–water partition coefficient (Wildman–Crippen LogP) is 6.96. The third-order valence-electron chi connectivity index (χ3n) is 15.0. The smallest absolute Gasteiger partial charge is 0.219 e. The van der Waals surface area contributed by atoms with Gasteiger partial charge in [-0.15, -0.1) is 0 Å². The normalized spacial score (nSPS) is 22.1. The zero-order valence-electron chi connectivity index (χ0n) is 40.4. The number of carbonyl (C=O) groups excluding carboxylic acids is 2. The molecular weight excluding hydrogens is 857 g/mol. The monoisotopic (exact) mass is 921 g/mol. The molecule has 68 heavy (non-hydrogen) atoms. The van der Waals surface area contributed by atoms with E-state index in [0.717, 1.165) is 101 Å². The highest BCUT2D eigenvalue weighted by atomic mass is 16.5. The highest BCUT2D eigenvalue weighted by molar-refractivity contribution is 5.78. The molecule has 356 valence electrons. The Morgan fingerprint density at radius 2 is 1.06 bits per heavy atom. The summed E-state index contributed by atoms with van der Waals surface area (Å²) >= 11 is 0. The lowest BCUT2D eigenvalue weighted by molar-refractivity contribution is -0.130. The number of rotatable bonds is 6. The summed E-state index contributed by atoms with van der Waals surface area (Å²) in [6.07, 6.45) is 13.7. The minimum absolute atomic E-state index is 0.127. The fourth-order valence-corrected chi connectivity index (χ4v) is 11.5. The van der Waals surface area contributed by atoms with Crippen molar-refractivity contribution in [3.8, 4) is 22.3 Å². The lowest BCUT2D eigenvalue weighted by Crippen LogP contribution is -2.36. The molecule has 6 aliphatic heterocycles. The van der Waals surface area contributed by atoms with Crippen molar-refractivity contribution >= 4 is 34.8 Å². The second kappa shape index (κ2) is 18.0. The Balaban J connectivity index is 0.000000149. The molecule has 16 heteroatoms. The Labute approximate surface area is 398 Å². The van der Waals surface area contributed by atoms with Gasteiger partial charge in [0.25, 0.3) is 0 Å². The average Bonchev–Trinajstić information content (AvgIpc) is 4.20. The van der Waals surface area contributed by atoms with Crippen molar-refractivity contribution < 1.29 is 19.1 Å². The maximum absolute atomic E-state index is 12.2. The minimum Gasteiger partial charge on any atom is -0.379 e. The number of fused-ring (bicyclic) bond motifs is 4. The van der Waals surface area contributed by atoms with Gasteiger partial charge in [-0.05, 0) is 84.0 Å². The van der Waals surface area contributed by atoms with E-state index in [-0.39, 0.29) is 23.9 Å². The van der Waals surface area contributed by atoms with Gasteiger partial charge in [-0.3, -0.25) is 28.3 Å². The van der Waals surface area contributed by atoms with Crippen molar-refractivity contribution in [2.24, 2.45) is 25.9 Å². The van der Waals surface area contributed by atoms with Gasteiger partial charge in [-0.2, -0.15) is 20.4 Å². The van der Waals surface area contributed by atoms with E-state index >= 15 is 0 Å². The molecule has 4 aromatic heterocycles. The SMILES string of the molecule is CC(=O)N1CCc2c(c(N3C[C@@H](C)Cc4cc(-c5cnn(C)c5)ccc43)nn2[C@H]2CCOC2)C1.CC(=O)N1CCc2c(c(N3C[C@H](C)Cc4cc(-c5cnn(C)c5)ccc43)nn2[C@H]2CCOC2)C1. The average molecular weight is 921 g/mol. The molecule has 4 atom stereocenters. The maximum Gasteiger partial charge on any atom is 0.219 e. The summed E-state index contributed by atoms with van der Waals surface area (Å²) in [5, 5.41) is 19.1. The van der Waals surface area contributed by atoms with Crippen LogP contribution >= 0.6 is 0 Å². The minimum atomic E-state index is 0.127. The summed E-state index contributed by atoms with van der Waals surface area (Å²) < 4.78 is 19.5. The molecule has 0 N–H and O–H groups in total. The van der Waals surface area contributed by atoms with E-state index in [4.69, 9.17) is 19.7 Å². The fraction of sp³-hybridized carbons (Fsp3) is 0.500. The van der Waals surface area contributed by atoms with Gasteiger partial charge in [0.15, 0.2) is 11.6 Å². The molecule has 12 rings (SSSR count). The van der Waals surface area contributed by atoms with E-state index in [1.165, 1.54) is 56.1 Å². The number of aryl methyl sites for hydroxylation is 2. The van der Waals surface area contributed by atoms with E-state index in [1.54, 1.807) is 13.8 Å². The molecule has 0 radical (unpaired) electrons. The third kappa shape index (κ3) is 8.28. The first-order valence-corrected chi connectivity index (χ1v) is 24.6. The molecule has 16 nitrogen and oxygen atoms in total. The number of aromatic nitrogens is 8. The van der Waals surface area contributed by atoms with Crippen LogP contribution in [0.15, 0.2) is 61.2 Å². The lowest BCUT2D eigenvalue weighted by Gasteiger charge is -2.35. The zero-order chi connectivity index (χ0) is 46.8. The summed E-state index contributed by atoms with van der Waals surface area (Å²) in [7, 11) is 3.90. The Hall–Kier alpha value is -6.26. The first kappa shape index (κ1) is 44.3. The van der Waals surface area contributed by atoms with Crippen molar-refractivity contribution in [3.05, 3.63) is 94.8 Å². The molecule has 2 fully saturated rings. The Bertz CT molecular complexity index is 2670. The largest absolute Gasteiger partial charge is 0.379 e. The first-order valence-electron chi connectivity index (χ1n) is 24.6. The molecule has 0 saturated carbocycles.